The number of hydrogen-bond acceptors (Lipinski definition) is 10. The highest BCUT2D eigenvalue weighted by Gasteiger charge is 2.52. The van der Waals surface area contributed by atoms with Crippen LogP contribution in [0, 0.1) is 46.5 Å². The van der Waals surface area contributed by atoms with E-state index in [-0.39, 0.29) is 48.4 Å². The lowest BCUT2D eigenvalue weighted by Gasteiger charge is -2.32. The number of nitrogens with one attached hydrogen (secondary N) is 1. The molecule has 6 aromatic heterocycles. The van der Waals surface area contributed by atoms with Crippen molar-refractivity contribution in [1.82, 2.24) is 36.5 Å². The van der Waals surface area contributed by atoms with Crippen molar-refractivity contribution in [2.75, 3.05) is 0 Å². The molecular weight excluding hydrogens is 1800 g/mol. The Labute approximate surface area is 758 Å². The number of hydrogen-bond donors (Lipinski definition) is 1. The fourth-order valence-corrected chi connectivity index (χ4v) is 20.9. The van der Waals surface area contributed by atoms with E-state index in [9.17, 15) is 60.4 Å². The first-order chi connectivity index (χ1) is 62.8. The molecule has 131 heavy (non-hydrogen) atoms. The van der Waals surface area contributed by atoms with E-state index in [0.29, 0.717) is 44.9 Å². The van der Waals surface area contributed by atoms with Crippen molar-refractivity contribution in [3.63, 3.8) is 0 Å². The zero-order valence-electron chi connectivity index (χ0n) is 70.8. The minimum Gasteiger partial charge on any atom is -0.399 e. The van der Waals surface area contributed by atoms with Crippen LogP contribution in [0.2, 0.25) is 0 Å². The summed E-state index contributed by atoms with van der Waals surface area (Å²) in [5.74, 6) is -6.25. The molecule has 19 aromatic rings. The molecule has 0 saturated carbocycles. The zero-order valence-corrected chi connectivity index (χ0v) is 74.8. The number of fused-ring (bicyclic) bond motifs is 4. The van der Waals surface area contributed by atoms with Gasteiger partial charge in [-0.05, 0) is 217 Å². The molecule has 29 heteroatoms. The minimum absolute atomic E-state index is 0.00512. The van der Waals surface area contributed by atoms with E-state index in [1.165, 1.54) is 91.0 Å². The van der Waals surface area contributed by atoms with E-state index in [4.69, 9.17) is 19.5 Å². The quantitative estimate of drug-likeness (QED) is 0.0679. The van der Waals surface area contributed by atoms with Gasteiger partial charge in [0.2, 0.25) is 0 Å². The third-order valence-corrected chi connectivity index (χ3v) is 28.7. The van der Waals surface area contributed by atoms with Gasteiger partial charge in [-0.1, -0.05) is 180 Å². The Morgan fingerprint density at radius 1 is 0.328 bits per heavy atom. The van der Waals surface area contributed by atoms with Gasteiger partial charge >= 0.3 is 7.12 Å². The average Bonchev–Trinajstić information content (AvgIpc) is 1.60. The molecule has 7 heterocycles. The van der Waals surface area contributed by atoms with Crippen molar-refractivity contribution < 1.29 is 69.7 Å². The highest BCUT2D eigenvalue weighted by atomic mass is 79.9. The van der Waals surface area contributed by atoms with Crippen molar-refractivity contribution in [1.29, 1.82) is 0 Å². The van der Waals surface area contributed by atoms with Gasteiger partial charge in [-0.2, -0.15) is 10.2 Å². The summed E-state index contributed by atoms with van der Waals surface area (Å²) in [4.78, 5) is 3.18. The minimum atomic E-state index is -4.19. The van der Waals surface area contributed by atoms with Crippen LogP contribution in [0.25, 0.3) is 134 Å². The molecule has 1 N–H and O–H groups in total. The topological polar surface area (TPSA) is 187 Å². The third-order valence-electron chi connectivity index (χ3n) is 23.0. The van der Waals surface area contributed by atoms with E-state index in [0.717, 1.165) is 115 Å². The summed E-state index contributed by atoms with van der Waals surface area (Å²) < 4.78 is 219. The van der Waals surface area contributed by atoms with Crippen molar-refractivity contribution in [2.45, 2.75) is 80.5 Å². The number of H-pyrrole nitrogens is 1. The second-order valence-electron chi connectivity index (χ2n) is 31.8. The van der Waals surface area contributed by atoms with Gasteiger partial charge in [-0.25, -0.2) is 72.3 Å². The summed E-state index contributed by atoms with van der Waals surface area (Å²) in [5, 5.41) is 11.9. The molecule has 0 amide bonds. The first-order valence-corrected chi connectivity index (χ1v) is 46.5. The molecule has 20 rings (SSSR count). The fraction of sp³-hybridized carbons (Fsp3) is 0.0980. The lowest BCUT2D eigenvalue weighted by molar-refractivity contribution is 0.00578. The molecule has 13 aromatic carbocycles. The van der Waals surface area contributed by atoms with Crippen LogP contribution in [0.4, 0.5) is 35.1 Å². The normalized spacial score (nSPS) is 13.1. The Kier molecular flexibility index (Phi) is 24.5. The Morgan fingerprint density at radius 2 is 0.649 bits per heavy atom. The van der Waals surface area contributed by atoms with Gasteiger partial charge in [0.05, 0.1) is 110 Å². The van der Waals surface area contributed by atoms with Crippen molar-refractivity contribution in [3.05, 3.63) is 385 Å². The summed E-state index contributed by atoms with van der Waals surface area (Å²) in [6.07, 6.45) is 0. The molecule has 1 aliphatic heterocycles. The molecule has 1 fully saturated rings. The molecule has 16 nitrogen and oxygen atoms in total. The van der Waals surface area contributed by atoms with Gasteiger partial charge < -0.3 is 14.3 Å². The maximum atomic E-state index is 15.0. The summed E-state index contributed by atoms with van der Waals surface area (Å²) in [7, 11) is -13.1. The predicted molar refractivity (Wildman–Crippen MR) is 501 cm³/mol. The first kappa shape index (κ1) is 89.2. The van der Waals surface area contributed by atoms with Crippen LogP contribution >= 0.6 is 15.9 Å². The molecule has 0 aliphatic carbocycles. The van der Waals surface area contributed by atoms with Crippen molar-refractivity contribution >= 4 is 102 Å². The highest BCUT2D eigenvalue weighted by Crippen LogP contribution is 2.44. The Bertz CT molecular complexity index is 7860. The molecular formula is C102H78BBrF8N8O8S3. The van der Waals surface area contributed by atoms with Crippen LogP contribution in [0.3, 0.4) is 0 Å². The fourth-order valence-electron chi connectivity index (χ4n) is 15.9. The first-order valence-electron chi connectivity index (χ1n) is 41.4. The van der Waals surface area contributed by atoms with Crippen LogP contribution in [0.5, 0.6) is 0 Å². The van der Waals surface area contributed by atoms with Gasteiger partial charge in [0.15, 0.2) is 0 Å². The second-order valence-corrected chi connectivity index (χ2v) is 38.1. The number of aromatic nitrogens is 8. The molecule has 658 valence electrons. The van der Waals surface area contributed by atoms with Crippen molar-refractivity contribution in [2.24, 2.45) is 0 Å². The Morgan fingerprint density at radius 3 is 1.02 bits per heavy atom. The molecule has 0 bridgehead atoms. The zero-order chi connectivity index (χ0) is 92.2. The van der Waals surface area contributed by atoms with Gasteiger partial charge in [0, 0.05) is 66.9 Å². The van der Waals surface area contributed by atoms with E-state index < -0.39 is 106 Å². The average molecular weight is 1880 g/mol. The monoisotopic (exact) mass is 1880 g/mol. The smallest absolute Gasteiger partial charge is 0.399 e. The second kappa shape index (κ2) is 35.9. The number of rotatable bonds is 17. The van der Waals surface area contributed by atoms with E-state index in [1.54, 1.807) is 109 Å². The maximum absolute atomic E-state index is 15.0. The molecule has 0 radical (unpaired) electrons. The van der Waals surface area contributed by atoms with Crippen LogP contribution < -0.4 is 5.46 Å². The molecule has 0 atom stereocenters. The van der Waals surface area contributed by atoms with Gasteiger partial charge in [0.25, 0.3) is 30.1 Å². The third kappa shape index (κ3) is 17.2. The summed E-state index contributed by atoms with van der Waals surface area (Å²) in [5.41, 5.74) is 7.62. The van der Waals surface area contributed by atoms with Crippen LogP contribution in [0.1, 0.15) is 41.5 Å². The standard InChI is InChI=1S/C31H23F2N3O2S.C26H24BF2NO4S.C25H19F2N3.C20H12BrF2NO2S/c1-2-35-29(20-27(34-35)21-10-5-3-6-11-21)22-16-17-28-23(18-22)19-30(31-25(32)14-9-15-26(31)33)36(28)39(37,38)24-12-7-4-8-13-24;1-25(2)26(3,4)34-27(33-25)18-13-14-22-17(15-18)16-23(24-20(28)11-8-12-21(24)29)30(22)35(31,32)19-9-6-5-7-10-19;1-2-30-24(15-22(29-30)16-7-4-3-5-8-16)17-11-12-21-18(13-17)14-23(28-21)25-19(26)9-6-10-20(25)27;21-14-9-10-18-13(11-14)12-19(20-16(22)7-4-8-17(20)23)24(18)27(25,26)15-5-2-1-3-6-15/h3-20H,2H2,1H3;5-16H,1-4H3;3-15,28H,2H2,1H3;1-12H. The van der Waals surface area contributed by atoms with Gasteiger partial charge in [0.1, 0.15) is 46.5 Å². The number of aromatic amines is 1. The SMILES string of the molecule is CC1(C)OB(c2ccc3c(c2)cc(-c2c(F)cccc2F)n3S(=O)(=O)c2ccccc2)OC1(C)C.CCn1nc(-c2ccccc2)cc1-c1ccc2[nH]c(-c3c(F)cccc3F)cc2c1.CCn1nc(-c2ccccc2)cc1-c1ccc2c(c1)cc(-c1c(F)cccc1F)n2S(=O)(=O)c1ccccc1.O=S(=O)(c1ccccc1)n1c(-c2c(F)cccc2F)cc2cc(Br)ccc21. The maximum Gasteiger partial charge on any atom is 0.494 e. The van der Waals surface area contributed by atoms with Gasteiger partial charge in [-0.15, -0.1) is 0 Å². The van der Waals surface area contributed by atoms with E-state index >= 15 is 0 Å². The number of benzene rings is 13. The number of aryl methyl sites for hydroxylation is 2. The van der Waals surface area contributed by atoms with E-state index in [2.05, 4.69) is 33.9 Å². The summed E-state index contributed by atoms with van der Waals surface area (Å²) in [6, 6.07) is 89.1. The van der Waals surface area contributed by atoms with Crippen molar-refractivity contribution in [3.8, 4) is 90.1 Å². The lowest BCUT2D eigenvalue weighted by Crippen LogP contribution is -2.41. The Balaban J connectivity index is 0.000000123. The van der Waals surface area contributed by atoms with Crippen LogP contribution in [-0.4, -0.2) is 80.0 Å². The highest BCUT2D eigenvalue weighted by molar-refractivity contribution is 9.10. The summed E-state index contributed by atoms with van der Waals surface area (Å²) in [6.45, 7) is 13.2. The number of halogens is 9. The van der Waals surface area contributed by atoms with E-state index in [1.807, 2.05) is 135 Å². The van der Waals surface area contributed by atoms with Crippen LogP contribution in [-0.2, 0) is 52.5 Å². The lowest BCUT2D eigenvalue weighted by atomic mass is 9.78. The molecule has 0 spiro atoms. The van der Waals surface area contributed by atoms with Crippen LogP contribution in [0.15, 0.2) is 353 Å². The number of nitrogens with zero attached hydrogens (tertiary/aromatic N) is 7. The predicted octanol–water partition coefficient (Wildman–Crippen LogP) is 24.7. The van der Waals surface area contributed by atoms with Gasteiger partial charge in [-0.3, -0.25) is 9.36 Å². The Hall–Kier alpha value is -13.8. The molecule has 1 aliphatic rings. The summed E-state index contributed by atoms with van der Waals surface area (Å²) >= 11 is 3.34. The molecule has 1 saturated heterocycles. The molecule has 0 unspecified atom stereocenters. The largest absolute Gasteiger partial charge is 0.494 e.